The third-order valence-corrected chi connectivity index (χ3v) is 11.7. The second kappa shape index (κ2) is 19.2. The van der Waals surface area contributed by atoms with E-state index in [1.807, 2.05) is 24.5 Å². The number of hydrogen-bond acceptors (Lipinski definition) is 10. The van der Waals surface area contributed by atoms with Crippen LogP contribution in [-0.2, 0) is 13.1 Å². The van der Waals surface area contributed by atoms with Crippen LogP contribution in [0.5, 0.6) is 23.0 Å². The number of likely N-dealkylation sites (tertiary alicyclic amines) is 2. The molecular formula is C50H54N6O4. The summed E-state index contributed by atoms with van der Waals surface area (Å²) in [6.45, 7) is 9.89. The zero-order valence-corrected chi connectivity index (χ0v) is 34.7. The van der Waals surface area contributed by atoms with Crippen molar-refractivity contribution in [2.75, 3.05) is 63.6 Å². The highest BCUT2D eigenvalue weighted by atomic mass is 16.5. The van der Waals surface area contributed by atoms with Gasteiger partial charge in [-0.05, 0) is 85.3 Å². The number of fused-ring (bicyclic) bond motifs is 2. The molecule has 0 aliphatic carbocycles. The van der Waals surface area contributed by atoms with Gasteiger partial charge < -0.3 is 18.9 Å². The van der Waals surface area contributed by atoms with Gasteiger partial charge in [-0.15, -0.1) is 6.42 Å². The molecule has 0 spiro atoms. The predicted molar refractivity (Wildman–Crippen MR) is 241 cm³/mol. The van der Waals surface area contributed by atoms with Crippen molar-refractivity contribution in [3.8, 4) is 35.3 Å². The number of piperidine rings is 2. The number of terminal acetylenes is 1. The number of aromatic nitrogens is 2. The lowest BCUT2D eigenvalue weighted by Crippen LogP contribution is -2.59. The number of hydrazine groups is 1. The van der Waals surface area contributed by atoms with Crippen LogP contribution in [0.15, 0.2) is 122 Å². The number of rotatable bonds is 16. The fraction of sp³-hybridized carbons (Fsp3) is 0.320. The normalized spacial score (nSPS) is 15.3. The highest BCUT2D eigenvalue weighted by molar-refractivity contribution is 5.96. The minimum absolute atomic E-state index is 0.197. The van der Waals surface area contributed by atoms with E-state index in [0.717, 1.165) is 98.3 Å². The van der Waals surface area contributed by atoms with Crippen LogP contribution in [-0.4, -0.2) is 85.5 Å². The van der Waals surface area contributed by atoms with Crippen LogP contribution in [0.3, 0.4) is 0 Å². The SMILES string of the molecule is C#CCOc1cc(CN2CCC(N(c3ccnc4ccccc34)N(c3ccnc4ccccc34)C3CCN(Cc4ccc(OC)c(OCC=C)c4)CC3)CC2)ccc1OC. The number of pyridine rings is 2. The van der Waals surface area contributed by atoms with E-state index in [9.17, 15) is 0 Å². The Morgan fingerprint density at radius 3 is 1.57 bits per heavy atom. The van der Waals surface area contributed by atoms with E-state index in [4.69, 9.17) is 35.3 Å². The summed E-state index contributed by atoms with van der Waals surface area (Å²) in [4.78, 5) is 14.8. The minimum Gasteiger partial charge on any atom is -0.493 e. The smallest absolute Gasteiger partial charge is 0.162 e. The minimum atomic E-state index is 0.197. The molecule has 2 fully saturated rings. The summed E-state index contributed by atoms with van der Waals surface area (Å²) in [5.74, 6) is 5.41. The Kier molecular flexibility index (Phi) is 13.0. The first-order valence-corrected chi connectivity index (χ1v) is 20.9. The van der Waals surface area contributed by atoms with Crippen LogP contribution in [0.25, 0.3) is 21.8 Å². The summed E-state index contributed by atoms with van der Waals surface area (Å²) < 4.78 is 22.9. The molecule has 10 heteroatoms. The molecule has 4 aromatic carbocycles. The van der Waals surface area contributed by atoms with Gasteiger partial charge in [0, 0.05) is 62.4 Å². The van der Waals surface area contributed by atoms with E-state index < -0.39 is 0 Å². The highest BCUT2D eigenvalue weighted by Crippen LogP contribution is 2.40. The van der Waals surface area contributed by atoms with Crippen LogP contribution >= 0.6 is 0 Å². The van der Waals surface area contributed by atoms with Crippen molar-refractivity contribution in [3.05, 3.63) is 133 Å². The maximum absolute atomic E-state index is 5.96. The van der Waals surface area contributed by atoms with Crippen molar-refractivity contribution in [3.63, 3.8) is 0 Å². The van der Waals surface area contributed by atoms with Crippen LogP contribution in [0.2, 0.25) is 0 Å². The molecule has 0 bridgehead atoms. The number of benzene rings is 4. The van der Waals surface area contributed by atoms with Gasteiger partial charge in [-0.3, -0.25) is 29.8 Å². The van der Waals surface area contributed by atoms with E-state index in [2.05, 4.69) is 117 Å². The standard InChI is InChI=1S/C50H54N6O4/c1-5-31-59-49-33-37(15-17-47(49)57-3)35-53-27-21-39(22-28-53)55(45-19-25-51-43-13-9-7-11-41(43)45)56(46-20-26-52-44-14-10-8-12-42(44)46)40-23-29-54(30-24-40)36-38-16-18-48(58-4)50(34-38)60-32-6-2/h1,6-20,25-26,33-34,39-40H,2,21-24,27-32,35-36H2,3-4H3. The highest BCUT2D eigenvalue weighted by Gasteiger charge is 2.36. The molecule has 2 saturated heterocycles. The molecule has 2 aliphatic heterocycles. The summed E-state index contributed by atoms with van der Waals surface area (Å²) in [6.07, 6.45) is 15.2. The van der Waals surface area contributed by atoms with E-state index in [1.165, 1.54) is 22.5 Å². The van der Waals surface area contributed by atoms with Gasteiger partial charge in [0.15, 0.2) is 23.0 Å². The number of methoxy groups -OCH3 is 2. The fourth-order valence-corrected chi connectivity index (χ4v) is 8.83. The molecule has 60 heavy (non-hydrogen) atoms. The Hall–Kier alpha value is -6.28. The molecule has 0 amide bonds. The average Bonchev–Trinajstić information content (AvgIpc) is 3.30. The van der Waals surface area contributed by atoms with Crippen molar-refractivity contribution in [1.29, 1.82) is 0 Å². The first kappa shape index (κ1) is 40.5. The number of nitrogens with zero attached hydrogens (tertiary/aromatic N) is 6. The molecule has 4 heterocycles. The quantitative estimate of drug-likeness (QED) is 0.0538. The van der Waals surface area contributed by atoms with Crippen molar-refractivity contribution < 1.29 is 18.9 Å². The number of anilines is 2. The Morgan fingerprint density at radius 2 is 1.12 bits per heavy atom. The van der Waals surface area contributed by atoms with Gasteiger partial charge in [0.2, 0.25) is 0 Å². The number of hydrogen-bond donors (Lipinski definition) is 0. The molecule has 10 nitrogen and oxygen atoms in total. The molecule has 2 aliphatic rings. The van der Waals surface area contributed by atoms with Crippen molar-refractivity contribution in [2.45, 2.75) is 50.9 Å². The summed E-state index contributed by atoms with van der Waals surface area (Å²) in [7, 11) is 3.33. The summed E-state index contributed by atoms with van der Waals surface area (Å²) in [6, 6.07) is 34.4. The summed E-state index contributed by atoms with van der Waals surface area (Å²) >= 11 is 0. The zero-order chi connectivity index (χ0) is 41.3. The van der Waals surface area contributed by atoms with Crippen molar-refractivity contribution >= 4 is 33.2 Å². The van der Waals surface area contributed by atoms with E-state index >= 15 is 0 Å². The monoisotopic (exact) mass is 802 g/mol. The summed E-state index contributed by atoms with van der Waals surface area (Å²) in [5.41, 5.74) is 6.71. The summed E-state index contributed by atoms with van der Waals surface area (Å²) in [5, 5.41) is 7.59. The molecule has 0 unspecified atom stereocenters. The molecule has 0 radical (unpaired) electrons. The van der Waals surface area contributed by atoms with Gasteiger partial charge in [-0.2, -0.15) is 0 Å². The molecule has 0 saturated carbocycles. The number of ether oxygens (including phenoxy) is 4. The largest absolute Gasteiger partial charge is 0.493 e. The van der Waals surface area contributed by atoms with Crippen LogP contribution in [0, 0.1) is 12.3 Å². The molecule has 0 atom stereocenters. The van der Waals surface area contributed by atoms with Crippen molar-refractivity contribution in [1.82, 2.24) is 19.8 Å². The molecule has 0 N–H and O–H groups in total. The van der Waals surface area contributed by atoms with Gasteiger partial charge in [0.25, 0.3) is 0 Å². The van der Waals surface area contributed by atoms with Gasteiger partial charge in [-0.1, -0.05) is 67.1 Å². The molecule has 8 rings (SSSR count). The van der Waals surface area contributed by atoms with Crippen LogP contribution in [0.1, 0.15) is 36.8 Å². The van der Waals surface area contributed by atoms with Gasteiger partial charge in [-0.25, -0.2) is 0 Å². The molecule has 2 aromatic heterocycles. The zero-order valence-electron chi connectivity index (χ0n) is 34.7. The first-order valence-electron chi connectivity index (χ1n) is 20.9. The Balaban J connectivity index is 1.11. The maximum atomic E-state index is 5.96. The van der Waals surface area contributed by atoms with Crippen LogP contribution < -0.4 is 29.0 Å². The maximum Gasteiger partial charge on any atom is 0.162 e. The second-order valence-electron chi connectivity index (χ2n) is 15.5. The predicted octanol–water partition coefficient (Wildman–Crippen LogP) is 8.93. The van der Waals surface area contributed by atoms with Crippen LogP contribution in [0.4, 0.5) is 11.4 Å². The third kappa shape index (κ3) is 8.98. The second-order valence-corrected chi connectivity index (χ2v) is 15.5. The van der Waals surface area contributed by atoms with E-state index in [1.54, 1.807) is 20.3 Å². The lowest BCUT2D eigenvalue weighted by atomic mass is 9.99. The Labute approximate surface area is 353 Å². The van der Waals surface area contributed by atoms with Crippen molar-refractivity contribution in [2.24, 2.45) is 0 Å². The van der Waals surface area contributed by atoms with Gasteiger partial charge in [0.1, 0.15) is 13.2 Å². The van der Waals surface area contributed by atoms with Gasteiger partial charge in [0.05, 0.1) is 48.7 Å². The molecule has 6 aromatic rings. The third-order valence-electron chi connectivity index (χ3n) is 11.7. The lowest BCUT2D eigenvalue weighted by Gasteiger charge is -2.51. The molecule has 308 valence electrons. The first-order chi connectivity index (χ1) is 29.6. The Morgan fingerprint density at radius 1 is 0.650 bits per heavy atom. The fourth-order valence-electron chi connectivity index (χ4n) is 8.83. The Bertz CT molecular complexity index is 2420. The van der Waals surface area contributed by atoms with E-state index in [0.29, 0.717) is 18.1 Å². The van der Waals surface area contributed by atoms with Gasteiger partial charge >= 0.3 is 0 Å². The lowest BCUT2D eigenvalue weighted by molar-refractivity contribution is 0.184. The molecular weight excluding hydrogens is 749 g/mol. The topological polar surface area (TPSA) is 75.7 Å². The van der Waals surface area contributed by atoms with E-state index in [-0.39, 0.29) is 18.7 Å². The number of para-hydroxylation sites is 2. The average molecular weight is 803 g/mol.